The molecule has 0 saturated heterocycles. The van der Waals surface area contributed by atoms with Crippen LogP contribution < -0.4 is 9.47 Å². The zero-order valence-corrected chi connectivity index (χ0v) is 23.6. The molecule has 0 radical (unpaired) electrons. The van der Waals surface area contributed by atoms with Crippen LogP contribution in [0.5, 0.6) is 11.5 Å². The largest absolute Gasteiger partial charge is 0.491 e. The fraction of sp³-hybridized carbons (Fsp3) is 0.600. The van der Waals surface area contributed by atoms with E-state index in [2.05, 4.69) is 0 Å². The standard InChI is InChI=1S/C30H46O10/c1-3-7-29(8-4-1)39-27-25-37-23-21-35-19-17-33-15-13-31-11-12-32-14-16-34-18-20-36-22-24-38-26-28-40-30-9-5-2-6-10-30/h1-10H,11-28H2. The zero-order chi connectivity index (χ0) is 28.0. The minimum atomic E-state index is 0.519. The lowest BCUT2D eigenvalue weighted by Gasteiger charge is -2.09. The summed E-state index contributed by atoms with van der Waals surface area (Å²) < 4.78 is 54.9. The molecule has 0 atom stereocenters. The van der Waals surface area contributed by atoms with Crippen molar-refractivity contribution in [3.8, 4) is 11.5 Å². The summed E-state index contributed by atoms with van der Waals surface area (Å²) in [6.07, 6.45) is 0. The highest BCUT2D eigenvalue weighted by atomic mass is 16.6. The third kappa shape index (κ3) is 21.5. The third-order valence-electron chi connectivity index (χ3n) is 5.08. The summed E-state index contributed by atoms with van der Waals surface area (Å²) in [4.78, 5) is 0. The fourth-order valence-electron chi connectivity index (χ4n) is 3.11. The number of ether oxygens (including phenoxy) is 10. The Labute approximate surface area is 238 Å². The highest BCUT2D eigenvalue weighted by Gasteiger charge is 1.97. The summed E-state index contributed by atoms with van der Waals surface area (Å²) >= 11 is 0. The van der Waals surface area contributed by atoms with Gasteiger partial charge in [0.15, 0.2) is 0 Å². The Morgan fingerprint density at radius 2 is 0.450 bits per heavy atom. The minimum absolute atomic E-state index is 0.519. The number of hydrogen-bond donors (Lipinski definition) is 0. The minimum Gasteiger partial charge on any atom is -0.491 e. The molecule has 0 saturated carbocycles. The van der Waals surface area contributed by atoms with Gasteiger partial charge < -0.3 is 47.4 Å². The Morgan fingerprint density at radius 1 is 0.250 bits per heavy atom. The van der Waals surface area contributed by atoms with E-state index in [-0.39, 0.29) is 0 Å². The topological polar surface area (TPSA) is 92.3 Å². The molecule has 0 spiro atoms. The number of hydrogen-bond acceptors (Lipinski definition) is 10. The molecule has 0 aromatic heterocycles. The molecule has 0 fully saturated rings. The molecule has 10 heteroatoms. The van der Waals surface area contributed by atoms with Crippen LogP contribution in [0.1, 0.15) is 0 Å². The first-order valence-corrected chi connectivity index (χ1v) is 13.9. The van der Waals surface area contributed by atoms with E-state index in [9.17, 15) is 0 Å². The molecule has 226 valence electrons. The van der Waals surface area contributed by atoms with Crippen molar-refractivity contribution in [2.45, 2.75) is 0 Å². The Balaban J connectivity index is 1.16. The number of benzene rings is 2. The van der Waals surface area contributed by atoms with Crippen molar-refractivity contribution < 1.29 is 47.4 Å². The van der Waals surface area contributed by atoms with E-state index in [0.717, 1.165) is 11.5 Å². The van der Waals surface area contributed by atoms with Gasteiger partial charge in [0.2, 0.25) is 0 Å². The summed E-state index contributed by atoms with van der Waals surface area (Å²) in [5.74, 6) is 1.69. The van der Waals surface area contributed by atoms with Crippen LogP contribution in [0.25, 0.3) is 0 Å². The second-order valence-corrected chi connectivity index (χ2v) is 8.22. The normalized spacial score (nSPS) is 11.1. The summed E-state index contributed by atoms with van der Waals surface area (Å²) in [7, 11) is 0. The molecule has 2 rings (SSSR count). The van der Waals surface area contributed by atoms with Gasteiger partial charge in [0, 0.05) is 0 Å². The monoisotopic (exact) mass is 566 g/mol. The average Bonchev–Trinajstić information content (AvgIpc) is 2.99. The maximum Gasteiger partial charge on any atom is 0.119 e. The van der Waals surface area contributed by atoms with Crippen LogP contribution in [0.3, 0.4) is 0 Å². The van der Waals surface area contributed by atoms with E-state index < -0.39 is 0 Å². The lowest BCUT2D eigenvalue weighted by atomic mass is 10.3. The predicted molar refractivity (Wildman–Crippen MR) is 150 cm³/mol. The van der Waals surface area contributed by atoms with Crippen LogP contribution in [0.2, 0.25) is 0 Å². The molecule has 0 aliphatic rings. The van der Waals surface area contributed by atoms with Crippen LogP contribution in [-0.4, -0.2) is 119 Å². The fourth-order valence-corrected chi connectivity index (χ4v) is 3.11. The molecule has 0 aliphatic carbocycles. The maximum atomic E-state index is 5.55. The van der Waals surface area contributed by atoms with Crippen LogP contribution in [0.15, 0.2) is 60.7 Å². The lowest BCUT2D eigenvalue weighted by Crippen LogP contribution is -2.15. The second-order valence-electron chi connectivity index (χ2n) is 8.22. The third-order valence-corrected chi connectivity index (χ3v) is 5.08. The van der Waals surface area contributed by atoms with Crippen molar-refractivity contribution in [3.63, 3.8) is 0 Å². The molecule has 2 aromatic carbocycles. The van der Waals surface area contributed by atoms with E-state index >= 15 is 0 Å². The van der Waals surface area contributed by atoms with Crippen molar-refractivity contribution in [1.82, 2.24) is 0 Å². The van der Waals surface area contributed by atoms with E-state index in [1.165, 1.54) is 0 Å². The van der Waals surface area contributed by atoms with Gasteiger partial charge in [-0.15, -0.1) is 0 Å². The molecular formula is C30H46O10. The van der Waals surface area contributed by atoms with Gasteiger partial charge in [0.25, 0.3) is 0 Å². The first-order chi connectivity index (χ1) is 19.9. The van der Waals surface area contributed by atoms with Gasteiger partial charge in [0.05, 0.1) is 106 Å². The molecular weight excluding hydrogens is 520 g/mol. The molecule has 0 amide bonds. The van der Waals surface area contributed by atoms with Crippen molar-refractivity contribution in [3.05, 3.63) is 60.7 Å². The van der Waals surface area contributed by atoms with Gasteiger partial charge in [-0.05, 0) is 24.3 Å². The summed E-state index contributed by atoms with van der Waals surface area (Å²) in [6, 6.07) is 19.4. The Hall–Kier alpha value is -2.28. The molecule has 10 nitrogen and oxygen atoms in total. The summed E-state index contributed by atoms with van der Waals surface area (Å²) in [5, 5.41) is 0. The Bertz CT molecular complexity index is 700. The average molecular weight is 567 g/mol. The van der Waals surface area contributed by atoms with Crippen molar-refractivity contribution in [2.24, 2.45) is 0 Å². The smallest absolute Gasteiger partial charge is 0.119 e. The van der Waals surface area contributed by atoms with Gasteiger partial charge in [-0.1, -0.05) is 36.4 Å². The zero-order valence-electron chi connectivity index (χ0n) is 23.6. The van der Waals surface area contributed by atoms with Crippen LogP contribution >= 0.6 is 0 Å². The molecule has 0 unspecified atom stereocenters. The summed E-state index contributed by atoms with van der Waals surface area (Å²) in [5.41, 5.74) is 0. The quantitative estimate of drug-likeness (QED) is 0.137. The SMILES string of the molecule is c1ccc(OCCOCCOCCOCCOCCOCCOCCOCCOCCOc2ccccc2)cc1. The highest BCUT2D eigenvalue weighted by molar-refractivity contribution is 5.21. The van der Waals surface area contributed by atoms with Crippen molar-refractivity contribution in [1.29, 1.82) is 0 Å². The van der Waals surface area contributed by atoms with Crippen molar-refractivity contribution in [2.75, 3.05) is 119 Å². The molecule has 0 aliphatic heterocycles. The molecule has 0 bridgehead atoms. The van der Waals surface area contributed by atoms with E-state index in [1.54, 1.807) is 0 Å². The Morgan fingerprint density at radius 3 is 0.675 bits per heavy atom. The van der Waals surface area contributed by atoms with Crippen LogP contribution in [-0.2, 0) is 37.9 Å². The maximum absolute atomic E-state index is 5.55. The van der Waals surface area contributed by atoms with E-state index in [1.807, 2.05) is 60.7 Å². The molecule has 40 heavy (non-hydrogen) atoms. The highest BCUT2D eigenvalue weighted by Crippen LogP contribution is 2.08. The van der Waals surface area contributed by atoms with E-state index in [0.29, 0.717) is 119 Å². The summed E-state index contributed by atoms with van der Waals surface area (Å²) in [6.45, 7) is 9.42. The lowest BCUT2D eigenvalue weighted by molar-refractivity contribution is -0.0241. The first kappa shape index (κ1) is 33.9. The van der Waals surface area contributed by atoms with Crippen LogP contribution in [0.4, 0.5) is 0 Å². The molecule has 2 aromatic rings. The van der Waals surface area contributed by atoms with Crippen LogP contribution in [0, 0.1) is 0 Å². The predicted octanol–water partition coefficient (Wildman–Crippen LogP) is 3.28. The number of rotatable bonds is 29. The molecule has 0 N–H and O–H groups in total. The second kappa shape index (κ2) is 26.9. The van der Waals surface area contributed by atoms with Gasteiger partial charge in [-0.2, -0.15) is 0 Å². The van der Waals surface area contributed by atoms with Gasteiger partial charge in [-0.25, -0.2) is 0 Å². The van der Waals surface area contributed by atoms with Crippen molar-refractivity contribution >= 4 is 0 Å². The van der Waals surface area contributed by atoms with E-state index in [4.69, 9.17) is 47.4 Å². The Kier molecular flexibility index (Phi) is 22.8. The van der Waals surface area contributed by atoms with Gasteiger partial charge in [-0.3, -0.25) is 0 Å². The van der Waals surface area contributed by atoms with Gasteiger partial charge >= 0.3 is 0 Å². The first-order valence-electron chi connectivity index (χ1n) is 13.9. The van der Waals surface area contributed by atoms with Gasteiger partial charge in [0.1, 0.15) is 24.7 Å². The number of para-hydroxylation sites is 2. The molecule has 0 heterocycles.